The third-order valence-electron chi connectivity index (χ3n) is 5.24. The zero-order valence-corrected chi connectivity index (χ0v) is 20.3. The Kier molecular flexibility index (Phi) is 8.05. The van der Waals surface area contributed by atoms with E-state index in [1.54, 1.807) is 0 Å². The van der Waals surface area contributed by atoms with Gasteiger partial charge in [0, 0.05) is 28.4 Å². The minimum absolute atomic E-state index is 0.00375. The second kappa shape index (κ2) is 10.8. The van der Waals surface area contributed by atoms with Gasteiger partial charge in [0.1, 0.15) is 0 Å². The predicted molar refractivity (Wildman–Crippen MR) is 139 cm³/mol. The number of rotatable bonds is 7. The van der Waals surface area contributed by atoms with Crippen LogP contribution in [-0.2, 0) is 11.8 Å². The van der Waals surface area contributed by atoms with E-state index in [-0.39, 0.29) is 11.2 Å². The highest BCUT2D eigenvalue weighted by atomic mass is 35.5. The van der Waals surface area contributed by atoms with E-state index in [4.69, 9.17) is 23.8 Å². The maximum absolute atomic E-state index is 12.9. The number of anilines is 1. The van der Waals surface area contributed by atoms with E-state index in [2.05, 4.69) is 31.4 Å². The number of carbonyl (C=O) groups is 1. The van der Waals surface area contributed by atoms with Crippen LogP contribution in [0.15, 0.2) is 72.8 Å². The maximum Gasteiger partial charge on any atom is 0.193 e. The van der Waals surface area contributed by atoms with Crippen molar-refractivity contribution in [3.63, 3.8) is 0 Å². The first kappa shape index (κ1) is 24.0. The molecule has 3 rings (SSSR count). The molecule has 0 aliphatic carbocycles. The summed E-state index contributed by atoms with van der Waals surface area (Å²) < 4.78 is 0. The van der Waals surface area contributed by atoms with Gasteiger partial charge in [-0.2, -0.15) is 0 Å². The van der Waals surface area contributed by atoms with Crippen LogP contribution in [0.4, 0.5) is 5.69 Å². The fourth-order valence-corrected chi connectivity index (χ4v) is 3.69. The number of nitrogens with one attached hydrogen (secondary N) is 2. The first-order valence-electron chi connectivity index (χ1n) is 10.8. The number of hydrogen-bond donors (Lipinski definition) is 2. The maximum atomic E-state index is 12.9. The molecule has 0 radical (unpaired) electrons. The quantitative estimate of drug-likeness (QED) is 0.229. The molecule has 0 fully saturated rings. The van der Waals surface area contributed by atoms with Gasteiger partial charge in [0.15, 0.2) is 10.9 Å². The number of hydrogen-bond acceptors (Lipinski definition) is 2. The minimum Gasteiger partial charge on any atom is -0.362 e. The van der Waals surface area contributed by atoms with E-state index in [1.807, 2.05) is 72.8 Å². The molecule has 3 nitrogen and oxygen atoms in total. The van der Waals surface area contributed by atoms with Crippen molar-refractivity contribution in [2.24, 2.45) is 0 Å². The van der Waals surface area contributed by atoms with Gasteiger partial charge in [-0.3, -0.25) is 4.79 Å². The summed E-state index contributed by atoms with van der Waals surface area (Å²) in [6.45, 7) is 7.24. The molecule has 166 valence electrons. The van der Waals surface area contributed by atoms with Crippen molar-refractivity contribution in [2.75, 3.05) is 11.9 Å². The van der Waals surface area contributed by atoms with Crippen molar-refractivity contribution in [1.29, 1.82) is 0 Å². The molecule has 0 aromatic heterocycles. The Morgan fingerprint density at radius 1 is 0.938 bits per heavy atom. The Morgan fingerprint density at radius 3 is 2.28 bits per heavy atom. The smallest absolute Gasteiger partial charge is 0.193 e. The first-order chi connectivity index (χ1) is 15.2. The molecule has 0 atom stereocenters. The van der Waals surface area contributed by atoms with Crippen LogP contribution in [0.5, 0.6) is 0 Å². The van der Waals surface area contributed by atoms with Crippen molar-refractivity contribution in [1.82, 2.24) is 5.32 Å². The van der Waals surface area contributed by atoms with Gasteiger partial charge < -0.3 is 10.6 Å². The molecule has 0 heterocycles. The molecular formula is C27H29ClN2OS. The number of carbonyl (C=O) groups excluding carboxylic acids is 1. The molecule has 3 aromatic rings. The summed E-state index contributed by atoms with van der Waals surface area (Å²) in [7, 11) is 0. The van der Waals surface area contributed by atoms with Gasteiger partial charge in [0.05, 0.1) is 0 Å². The zero-order chi connectivity index (χ0) is 23.1. The van der Waals surface area contributed by atoms with Gasteiger partial charge in [-0.15, -0.1) is 0 Å². The summed E-state index contributed by atoms with van der Waals surface area (Å²) in [4.78, 5) is 12.9. The predicted octanol–water partition coefficient (Wildman–Crippen LogP) is 6.79. The van der Waals surface area contributed by atoms with Gasteiger partial charge in [-0.05, 0) is 65.9 Å². The molecule has 3 aromatic carbocycles. The van der Waals surface area contributed by atoms with Crippen LogP contribution >= 0.6 is 23.8 Å². The molecule has 0 unspecified atom stereocenters. The molecule has 32 heavy (non-hydrogen) atoms. The molecule has 0 aliphatic heterocycles. The van der Waals surface area contributed by atoms with Crippen LogP contribution < -0.4 is 10.6 Å². The van der Waals surface area contributed by atoms with Crippen molar-refractivity contribution < 1.29 is 4.79 Å². The number of benzene rings is 3. The van der Waals surface area contributed by atoms with Crippen molar-refractivity contribution in [3.8, 4) is 0 Å². The van der Waals surface area contributed by atoms with E-state index in [1.165, 1.54) is 11.1 Å². The zero-order valence-electron chi connectivity index (χ0n) is 18.7. The average molecular weight is 465 g/mol. The monoisotopic (exact) mass is 464 g/mol. The average Bonchev–Trinajstić information content (AvgIpc) is 2.77. The van der Waals surface area contributed by atoms with Gasteiger partial charge in [-0.1, -0.05) is 80.9 Å². The summed E-state index contributed by atoms with van der Waals surface area (Å²) >= 11 is 11.3. The van der Waals surface area contributed by atoms with E-state index in [0.717, 1.165) is 30.1 Å². The van der Waals surface area contributed by atoms with Crippen molar-refractivity contribution in [3.05, 3.63) is 100 Å². The number of halogens is 1. The lowest BCUT2D eigenvalue weighted by Crippen LogP contribution is -2.29. The Morgan fingerprint density at radius 2 is 1.62 bits per heavy atom. The Hall–Kier alpha value is -2.69. The number of ketones is 1. The van der Waals surface area contributed by atoms with Crippen LogP contribution in [0.2, 0.25) is 5.02 Å². The highest BCUT2D eigenvalue weighted by Crippen LogP contribution is 2.23. The topological polar surface area (TPSA) is 41.1 Å². The Labute approximate surface area is 201 Å². The summed E-state index contributed by atoms with van der Waals surface area (Å²) in [5.74, 6) is -0.00375. The van der Waals surface area contributed by atoms with Crippen LogP contribution in [0, 0.1) is 0 Å². The summed E-state index contributed by atoms with van der Waals surface area (Å²) in [6.07, 6.45) is 1.90. The molecule has 2 N–H and O–H groups in total. The van der Waals surface area contributed by atoms with Gasteiger partial charge >= 0.3 is 0 Å². The third kappa shape index (κ3) is 6.91. The fourth-order valence-electron chi connectivity index (χ4n) is 3.35. The second-order valence-electron chi connectivity index (χ2n) is 8.85. The SMILES string of the molecule is CC(C)(C)c1ccc(C(=O)c2cccc(NC(=S)NCCCc3ccc(Cl)cc3)c2)cc1. The normalized spacial score (nSPS) is 11.1. The highest BCUT2D eigenvalue weighted by Gasteiger charge is 2.15. The number of aryl methyl sites for hydroxylation is 1. The minimum atomic E-state index is -0.00375. The third-order valence-corrected chi connectivity index (χ3v) is 5.74. The number of thiocarbonyl (C=S) groups is 1. The standard InChI is InChI=1S/C27H29ClN2OS/c1-27(2,3)22-13-11-20(12-14-22)25(31)21-7-4-8-24(18-21)30-26(32)29-17-5-6-19-9-15-23(28)16-10-19/h4,7-16,18H,5-6,17H2,1-3H3,(H2,29,30,32). The lowest BCUT2D eigenvalue weighted by atomic mass is 9.86. The van der Waals surface area contributed by atoms with E-state index >= 15 is 0 Å². The van der Waals surface area contributed by atoms with Crippen LogP contribution in [0.3, 0.4) is 0 Å². The van der Waals surface area contributed by atoms with Crippen molar-refractivity contribution >= 4 is 40.4 Å². The van der Waals surface area contributed by atoms with Gasteiger partial charge in [0.25, 0.3) is 0 Å². The molecule has 0 saturated carbocycles. The molecule has 0 amide bonds. The molecule has 0 spiro atoms. The van der Waals surface area contributed by atoms with E-state index in [9.17, 15) is 4.79 Å². The first-order valence-corrected chi connectivity index (χ1v) is 11.6. The Bertz CT molecular complexity index is 1070. The lowest BCUT2D eigenvalue weighted by Gasteiger charge is -2.19. The van der Waals surface area contributed by atoms with Crippen LogP contribution in [0.1, 0.15) is 54.2 Å². The van der Waals surface area contributed by atoms with E-state index in [0.29, 0.717) is 16.2 Å². The molecule has 5 heteroatoms. The van der Waals surface area contributed by atoms with Crippen molar-refractivity contribution in [2.45, 2.75) is 39.0 Å². The molecule has 0 bridgehead atoms. The van der Waals surface area contributed by atoms with Crippen LogP contribution in [-0.4, -0.2) is 17.4 Å². The molecular weight excluding hydrogens is 436 g/mol. The van der Waals surface area contributed by atoms with Gasteiger partial charge in [-0.25, -0.2) is 0 Å². The van der Waals surface area contributed by atoms with Gasteiger partial charge in [0.2, 0.25) is 0 Å². The molecule has 0 aliphatic rings. The summed E-state index contributed by atoms with van der Waals surface area (Å²) in [5, 5.41) is 7.69. The largest absolute Gasteiger partial charge is 0.362 e. The summed E-state index contributed by atoms with van der Waals surface area (Å²) in [6, 6.07) is 23.2. The second-order valence-corrected chi connectivity index (χ2v) is 9.69. The lowest BCUT2D eigenvalue weighted by molar-refractivity contribution is 0.103. The van der Waals surface area contributed by atoms with E-state index < -0.39 is 0 Å². The van der Waals surface area contributed by atoms with Crippen LogP contribution in [0.25, 0.3) is 0 Å². The Balaban J connectivity index is 1.53. The molecule has 0 saturated heterocycles. The highest BCUT2D eigenvalue weighted by molar-refractivity contribution is 7.80. The summed E-state index contributed by atoms with van der Waals surface area (Å²) in [5.41, 5.74) is 4.61. The fraction of sp³-hybridized carbons (Fsp3) is 0.259.